The average molecular weight is 256 g/mol. The minimum Gasteiger partial charge on any atom is -0.479 e. The maximum Gasteiger partial charge on any atom is 0.337 e. The number of hydrogen-bond donors (Lipinski definition) is 2. The Morgan fingerprint density at radius 1 is 1.39 bits per heavy atom. The third kappa shape index (κ3) is 3.51. The fraction of sp³-hybridized carbons (Fsp3) is 0.462. The molecule has 1 aromatic carbocycles. The standard InChI is InChI=1S/C13H17FO4/c1-7-4-5-10(14)6-11(7)12(13(16)17)18-9(3)8(2)15/h4-6,8-9,12,15H,1-3H3,(H,16,17). The van der Waals surface area contributed by atoms with E-state index in [0.717, 1.165) is 6.07 Å². The number of ether oxygens (including phenoxy) is 1. The Balaban J connectivity index is 3.05. The highest BCUT2D eigenvalue weighted by atomic mass is 19.1. The lowest BCUT2D eigenvalue weighted by atomic mass is 10.0. The number of carboxylic acid groups (broad SMARTS) is 1. The van der Waals surface area contributed by atoms with Crippen LogP contribution in [0.15, 0.2) is 18.2 Å². The number of aliphatic hydroxyl groups excluding tert-OH is 1. The third-order valence-electron chi connectivity index (χ3n) is 2.78. The molecule has 100 valence electrons. The lowest BCUT2D eigenvalue weighted by molar-refractivity contribution is -0.158. The molecular formula is C13H17FO4. The van der Waals surface area contributed by atoms with Crippen molar-refractivity contribution in [2.75, 3.05) is 0 Å². The Morgan fingerprint density at radius 2 is 2.00 bits per heavy atom. The molecule has 1 rings (SSSR count). The van der Waals surface area contributed by atoms with E-state index in [-0.39, 0.29) is 5.56 Å². The van der Waals surface area contributed by atoms with Gasteiger partial charge >= 0.3 is 5.97 Å². The molecule has 0 aliphatic carbocycles. The lowest BCUT2D eigenvalue weighted by Crippen LogP contribution is -2.28. The van der Waals surface area contributed by atoms with Crippen molar-refractivity contribution in [3.8, 4) is 0 Å². The van der Waals surface area contributed by atoms with Gasteiger partial charge in [0.05, 0.1) is 12.2 Å². The number of aryl methyl sites for hydroxylation is 1. The van der Waals surface area contributed by atoms with Crippen LogP contribution in [0.5, 0.6) is 0 Å². The van der Waals surface area contributed by atoms with E-state index >= 15 is 0 Å². The van der Waals surface area contributed by atoms with Gasteiger partial charge in [0.25, 0.3) is 0 Å². The SMILES string of the molecule is Cc1ccc(F)cc1C(OC(C)C(C)O)C(=O)O. The first-order chi connectivity index (χ1) is 8.32. The second-order valence-corrected chi connectivity index (χ2v) is 4.30. The second kappa shape index (κ2) is 5.93. The first-order valence-corrected chi connectivity index (χ1v) is 5.65. The molecule has 0 bridgehead atoms. The number of aliphatic hydroxyl groups is 1. The quantitative estimate of drug-likeness (QED) is 0.846. The van der Waals surface area contributed by atoms with Crippen molar-refractivity contribution in [1.29, 1.82) is 0 Å². The number of carbonyl (C=O) groups is 1. The highest BCUT2D eigenvalue weighted by Gasteiger charge is 2.26. The minimum atomic E-state index is -1.29. The summed E-state index contributed by atoms with van der Waals surface area (Å²) in [5, 5.41) is 18.5. The summed E-state index contributed by atoms with van der Waals surface area (Å²) in [6.07, 6.45) is -2.75. The summed E-state index contributed by atoms with van der Waals surface area (Å²) in [7, 11) is 0. The summed E-state index contributed by atoms with van der Waals surface area (Å²) in [6.45, 7) is 4.75. The van der Waals surface area contributed by atoms with Crippen LogP contribution in [0.4, 0.5) is 4.39 Å². The number of aliphatic carboxylic acids is 1. The van der Waals surface area contributed by atoms with Gasteiger partial charge in [-0.05, 0) is 44.0 Å². The van der Waals surface area contributed by atoms with E-state index in [4.69, 9.17) is 9.84 Å². The molecule has 4 nitrogen and oxygen atoms in total. The Hall–Kier alpha value is -1.46. The summed E-state index contributed by atoms with van der Waals surface area (Å²) in [4.78, 5) is 11.2. The smallest absolute Gasteiger partial charge is 0.337 e. The van der Waals surface area contributed by atoms with Crippen LogP contribution in [0.1, 0.15) is 31.1 Å². The predicted octanol–water partition coefficient (Wildman–Crippen LogP) is 2.05. The van der Waals surface area contributed by atoms with Gasteiger partial charge in [0, 0.05) is 0 Å². The predicted molar refractivity (Wildman–Crippen MR) is 63.7 cm³/mol. The van der Waals surface area contributed by atoms with Crippen LogP contribution in [0, 0.1) is 12.7 Å². The topological polar surface area (TPSA) is 66.8 Å². The first kappa shape index (κ1) is 14.6. The van der Waals surface area contributed by atoms with Gasteiger partial charge in [0.2, 0.25) is 0 Å². The molecule has 2 N–H and O–H groups in total. The van der Waals surface area contributed by atoms with E-state index in [1.807, 2.05) is 0 Å². The summed E-state index contributed by atoms with van der Waals surface area (Å²) in [5.74, 6) is -1.73. The Bertz CT molecular complexity index is 431. The van der Waals surface area contributed by atoms with Crippen LogP contribution < -0.4 is 0 Å². The zero-order valence-corrected chi connectivity index (χ0v) is 10.6. The van der Waals surface area contributed by atoms with Crippen LogP contribution in [-0.4, -0.2) is 28.4 Å². The van der Waals surface area contributed by atoms with E-state index in [1.54, 1.807) is 13.8 Å². The monoisotopic (exact) mass is 256 g/mol. The van der Waals surface area contributed by atoms with Crippen LogP contribution >= 0.6 is 0 Å². The molecule has 0 aliphatic rings. The van der Waals surface area contributed by atoms with Crippen molar-refractivity contribution in [2.24, 2.45) is 0 Å². The maximum atomic E-state index is 13.2. The fourth-order valence-electron chi connectivity index (χ4n) is 1.49. The largest absolute Gasteiger partial charge is 0.479 e. The lowest BCUT2D eigenvalue weighted by Gasteiger charge is -2.22. The van der Waals surface area contributed by atoms with Gasteiger partial charge < -0.3 is 14.9 Å². The van der Waals surface area contributed by atoms with Crippen molar-refractivity contribution >= 4 is 5.97 Å². The molecule has 0 fully saturated rings. The van der Waals surface area contributed by atoms with Crippen LogP contribution in [0.25, 0.3) is 0 Å². The third-order valence-corrected chi connectivity index (χ3v) is 2.78. The van der Waals surface area contributed by atoms with E-state index in [2.05, 4.69) is 0 Å². The molecule has 3 atom stereocenters. The molecule has 0 saturated heterocycles. The number of carboxylic acids is 1. The average Bonchev–Trinajstić information content (AvgIpc) is 2.28. The van der Waals surface area contributed by atoms with Gasteiger partial charge in [0.15, 0.2) is 6.10 Å². The van der Waals surface area contributed by atoms with E-state index in [9.17, 15) is 14.3 Å². The van der Waals surface area contributed by atoms with Crippen molar-refractivity contribution < 1.29 is 24.1 Å². The number of rotatable bonds is 5. The Kier molecular flexibility index (Phi) is 4.81. The van der Waals surface area contributed by atoms with Gasteiger partial charge in [-0.15, -0.1) is 0 Å². The van der Waals surface area contributed by atoms with E-state index < -0.39 is 30.1 Å². The van der Waals surface area contributed by atoms with E-state index in [0.29, 0.717) is 5.56 Å². The molecule has 0 aromatic heterocycles. The zero-order chi connectivity index (χ0) is 13.9. The summed E-state index contributed by atoms with van der Waals surface area (Å²) >= 11 is 0. The Labute approximate surface area is 105 Å². The van der Waals surface area contributed by atoms with Gasteiger partial charge in [-0.2, -0.15) is 0 Å². The Morgan fingerprint density at radius 3 is 2.50 bits per heavy atom. The molecule has 0 radical (unpaired) electrons. The molecule has 0 amide bonds. The highest BCUT2D eigenvalue weighted by Crippen LogP contribution is 2.24. The number of hydrogen-bond acceptors (Lipinski definition) is 3. The fourth-order valence-corrected chi connectivity index (χ4v) is 1.49. The summed E-state index contributed by atoms with van der Waals surface area (Å²) in [6, 6.07) is 3.90. The second-order valence-electron chi connectivity index (χ2n) is 4.30. The molecule has 3 unspecified atom stereocenters. The van der Waals surface area contributed by atoms with Crippen molar-refractivity contribution in [1.82, 2.24) is 0 Å². The molecule has 0 aliphatic heterocycles. The van der Waals surface area contributed by atoms with Crippen LogP contribution in [0.3, 0.4) is 0 Å². The normalized spacial score (nSPS) is 16.1. The summed E-state index contributed by atoms with van der Waals surface area (Å²) in [5.41, 5.74) is 0.886. The molecule has 0 saturated carbocycles. The van der Waals surface area contributed by atoms with Crippen molar-refractivity contribution in [2.45, 2.75) is 39.1 Å². The van der Waals surface area contributed by atoms with Gasteiger partial charge in [-0.25, -0.2) is 9.18 Å². The molecule has 0 spiro atoms. The first-order valence-electron chi connectivity index (χ1n) is 5.65. The highest BCUT2D eigenvalue weighted by molar-refractivity contribution is 5.75. The molecule has 1 aromatic rings. The molecule has 18 heavy (non-hydrogen) atoms. The molecule has 5 heteroatoms. The summed E-state index contributed by atoms with van der Waals surface area (Å²) < 4.78 is 18.4. The van der Waals surface area contributed by atoms with Gasteiger partial charge in [-0.3, -0.25) is 0 Å². The molecular weight excluding hydrogens is 239 g/mol. The van der Waals surface area contributed by atoms with E-state index in [1.165, 1.54) is 19.1 Å². The van der Waals surface area contributed by atoms with Crippen LogP contribution in [0.2, 0.25) is 0 Å². The van der Waals surface area contributed by atoms with Crippen LogP contribution in [-0.2, 0) is 9.53 Å². The van der Waals surface area contributed by atoms with Crippen molar-refractivity contribution in [3.63, 3.8) is 0 Å². The maximum absolute atomic E-state index is 13.2. The minimum absolute atomic E-state index is 0.259. The number of benzene rings is 1. The van der Waals surface area contributed by atoms with Gasteiger partial charge in [-0.1, -0.05) is 6.07 Å². The van der Waals surface area contributed by atoms with Crippen molar-refractivity contribution in [3.05, 3.63) is 35.1 Å². The molecule has 0 heterocycles. The number of halogens is 1. The zero-order valence-electron chi connectivity index (χ0n) is 10.6. The van der Waals surface area contributed by atoms with Gasteiger partial charge in [0.1, 0.15) is 5.82 Å².